The fourth-order valence-corrected chi connectivity index (χ4v) is 2.63. The van der Waals surface area contributed by atoms with Gasteiger partial charge in [0, 0.05) is 23.4 Å². The topological polar surface area (TPSA) is 24.9 Å². The van der Waals surface area contributed by atoms with Gasteiger partial charge in [0.1, 0.15) is 5.01 Å². The number of rotatable bonds is 5. The normalized spacial score (nSPS) is 11.1. The molecule has 0 aliphatic heterocycles. The van der Waals surface area contributed by atoms with Crippen molar-refractivity contribution in [2.24, 2.45) is 0 Å². The summed E-state index contributed by atoms with van der Waals surface area (Å²) in [6.07, 6.45) is 1.97. The molecule has 1 rings (SSSR count). The maximum Gasteiger partial charge on any atom is 0.103 e. The van der Waals surface area contributed by atoms with E-state index in [1.54, 1.807) is 11.3 Å². The van der Waals surface area contributed by atoms with Crippen LogP contribution >= 0.6 is 23.1 Å². The summed E-state index contributed by atoms with van der Waals surface area (Å²) >= 11 is 3.75. The predicted molar refractivity (Wildman–Crippen MR) is 61.3 cm³/mol. The lowest BCUT2D eigenvalue weighted by atomic mass is 10.5. The molecule has 13 heavy (non-hydrogen) atoms. The molecule has 0 atom stereocenters. The number of thiazole rings is 1. The summed E-state index contributed by atoms with van der Waals surface area (Å²) in [7, 11) is 1.96. The molecule has 0 aromatic carbocycles. The van der Waals surface area contributed by atoms with Gasteiger partial charge in [0.05, 0.1) is 0 Å². The second-order valence-electron chi connectivity index (χ2n) is 3.11. The molecular formula is C9H16N2S2. The van der Waals surface area contributed by atoms with Crippen molar-refractivity contribution < 1.29 is 0 Å². The minimum absolute atomic E-state index is 0.691. The van der Waals surface area contributed by atoms with E-state index in [4.69, 9.17) is 0 Å². The standard InChI is InChI=1S/C9H16N2S2/c1-7(2)12-6-9-11-5-8(13-9)4-10-3/h5,7,10H,4,6H2,1-3H3. The molecule has 0 spiro atoms. The molecular weight excluding hydrogens is 200 g/mol. The Hall–Kier alpha value is -0.0600. The minimum atomic E-state index is 0.691. The van der Waals surface area contributed by atoms with E-state index in [0.717, 1.165) is 12.3 Å². The Balaban J connectivity index is 2.39. The molecule has 0 fully saturated rings. The molecule has 0 unspecified atom stereocenters. The van der Waals surface area contributed by atoms with Crippen LogP contribution in [0.5, 0.6) is 0 Å². The maximum atomic E-state index is 4.36. The molecule has 1 N–H and O–H groups in total. The van der Waals surface area contributed by atoms with Crippen molar-refractivity contribution in [3.05, 3.63) is 16.1 Å². The van der Waals surface area contributed by atoms with Gasteiger partial charge in [-0.2, -0.15) is 11.8 Å². The van der Waals surface area contributed by atoms with E-state index in [9.17, 15) is 0 Å². The van der Waals surface area contributed by atoms with Gasteiger partial charge in [-0.1, -0.05) is 13.8 Å². The molecule has 1 heterocycles. The van der Waals surface area contributed by atoms with Gasteiger partial charge in [-0.3, -0.25) is 0 Å². The Morgan fingerprint density at radius 3 is 3.00 bits per heavy atom. The molecule has 4 heteroatoms. The van der Waals surface area contributed by atoms with Gasteiger partial charge >= 0.3 is 0 Å². The zero-order valence-corrected chi connectivity index (χ0v) is 9.97. The van der Waals surface area contributed by atoms with Gasteiger partial charge in [-0.05, 0) is 12.3 Å². The average molecular weight is 216 g/mol. The van der Waals surface area contributed by atoms with Crippen LogP contribution in [0.3, 0.4) is 0 Å². The van der Waals surface area contributed by atoms with Crippen molar-refractivity contribution in [2.45, 2.75) is 31.4 Å². The van der Waals surface area contributed by atoms with Crippen molar-refractivity contribution in [2.75, 3.05) is 7.05 Å². The third-order valence-corrected chi connectivity index (χ3v) is 3.78. The third-order valence-electron chi connectivity index (χ3n) is 1.49. The molecule has 0 saturated heterocycles. The SMILES string of the molecule is CNCc1cnc(CSC(C)C)s1. The van der Waals surface area contributed by atoms with Gasteiger partial charge in [0.2, 0.25) is 0 Å². The van der Waals surface area contributed by atoms with Gasteiger partial charge in [-0.15, -0.1) is 11.3 Å². The van der Waals surface area contributed by atoms with Crippen LogP contribution in [0.25, 0.3) is 0 Å². The van der Waals surface area contributed by atoms with E-state index in [1.807, 2.05) is 25.0 Å². The molecule has 1 aromatic heterocycles. The summed E-state index contributed by atoms with van der Waals surface area (Å²) in [5.41, 5.74) is 0. The highest BCUT2D eigenvalue weighted by atomic mass is 32.2. The second-order valence-corrected chi connectivity index (χ2v) is 5.87. The number of nitrogens with one attached hydrogen (secondary N) is 1. The van der Waals surface area contributed by atoms with Crippen LogP contribution in [0.15, 0.2) is 6.20 Å². The van der Waals surface area contributed by atoms with Crippen LogP contribution in [0.1, 0.15) is 23.7 Å². The van der Waals surface area contributed by atoms with E-state index >= 15 is 0 Å². The Kier molecular flexibility index (Phi) is 4.77. The molecule has 0 amide bonds. The average Bonchev–Trinajstić information content (AvgIpc) is 2.50. The van der Waals surface area contributed by atoms with E-state index in [-0.39, 0.29) is 0 Å². The van der Waals surface area contributed by atoms with Crippen LogP contribution in [0.2, 0.25) is 0 Å². The lowest BCUT2D eigenvalue weighted by molar-refractivity contribution is 0.829. The Labute approximate surface area is 88.2 Å². The lowest BCUT2D eigenvalue weighted by Gasteiger charge is -2.00. The summed E-state index contributed by atoms with van der Waals surface area (Å²) < 4.78 is 0. The van der Waals surface area contributed by atoms with Crippen LogP contribution in [-0.4, -0.2) is 17.3 Å². The molecule has 74 valence electrons. The zero-order chi connectivity index (χ0) is 9.68. The van der Waals surface area contributed by atoms with E-state index in [1.165, 1.54) is 9.88 Å². The van der Waals surface area contributed by atoms with Crippen molar-refractivity contribution in [1.82, 2.24) is 10.3 Å². The number of hydrogen-bond acceptors (Lipinski definition) is 4. The fraction of sp³-hybridized carbons (Fsp3) is 0.667. The fourth-order valence-electron chi connectivity index (χ4n) is 0.909. The van der Waals surface area contributed by atoms with Gasteiger partial charge in [0.25, 0.3) is 0 Å². The number of thioether (sulfide) groups is 1. The first kappa shape index (κ1) is 11.0. The zero-order valence-electron chi connectivity index (χ0n) is 8.33. The van der Waals surface area contributed by atoms with Crippen molar-refractivity contribution in [1.29, 1.82) is 0 Å². The number of hydrogen-bond donors (Lipinski definition) is 1. The maximum absolute atomic E-state index is 4.36. The summed E-state index contributed by atoms with van der Waals surface area (Å²) in [5, 5.41) is 5.06. The van der Waals surface area contributed by atoms with Gasteiger partial charge in [0.15, 0.2) is 0 Å². The Bertz CT molecular complexity index is 246. The third kappa shape index (κ3) is 4.11. The largest absolute Gasteiger partial charge is 0.315 e. The van der Waals surface area contributed by atoms with Gasteiger partial charge in [-0.25, -0.2) is 4.98 Å². The molecule has 0 aliphatic carbocycles. The molecule has 1 aromatic rings. The molecule has 2 nitrogen and oxygen atoms in total. The molecule has 0 aliphatic rings. The van der Waals surface area contributed by atoms with Crippen molar-refractivity contribution in [3.63, 3.8) is 0 Å². The first-order valence-corrected chi connectivity index (χ1v) is 6.28. The van der Waals surface area contributed by atoms with Crippen LogP contribution in [0, 0.1) is 0 Å². The first-order chi connectivity index (χ1) is 6.22. The Morgan fingerprint density at radius 2 is 2.38 bits per heavy atom. The molecule has 0 radical (unpaired) electrons. The monoisotopic (exact) mass is 216 g/mol. The quantitative estimate of drug-likeness (QED) is 0.818. The van der Waals surface area contributed by atoms with Gasteiger partial charge < -0.3 is 5.32 Å². The highest BCUT2D eigenvalue weighted by Crippen LogP contribution is 2.21. The molecule has 0 bridgehead atoms. The highest BCUT2D eigenvalue weighted by Gasteiger charge is 2.02. The van der Waals surface area contributed by atoms with Crippen LogP contribution < -0.4 is 5.32 Å². The van der Waals surface area contributed by atoms with Crippen molar-refractivity contribution in [3.8, 4) is 0 Å². The summed E-state index contributed by atoms with van der Waals surface area (Å²) in [6.45, 7) is 5.36. The smallest absolute Gasteiger partial charge is 0.103 e. The first-order valence-electron chi connectivity index (χ1n) is 4.42. The minimum Gasteiger partial charge on any atom is -0.315 e. The molecule has 0 saturated carbocycles. The van der Waals surface area contributed by atoms with E-state index in [0.29, 0.717) is 5.25 Å². The van der Waals surface area contributed by atoms with Crippen LogP contribution in [-0.2, 0) is 12.3 Å². The number of aromatic nitrogens is 1. The lowest BCUT2D eigenvalue weighted by Crippen LogP contribution is -2.02. The summed E-state index contributed by atoms with van der Waals surface area (Å²) in [5.74, 6) is 1.05. The highest BCUT2D eigenvalue weighted by molar-refractivity contribution is 7.99. The number of nitrogens with zero attached hydrogens (tertiary/aromatic N) is 1. The summed E-state index contributed by atoms with van der Waals surface area (Å²) in [4.78, 5) is 5.69. The second kappa shape index (κ2) is 5.62. The van der Waals surface area contributed by atoms with Crippen LogP contribution in [0.4, 0.5) is 0 Å². The van der Waals surface area contributed by atoms with E-state index < -0.39 is 0 Å². The predicted octanol–water partition coefficient (Wildman–Crippen LogP) is 2.50. The van der Waals surface area contributed by atoms with E-state index in [2.05, 4.69) is 24.1 Å². The summed E-state index contributed by atoms with van der Waals surface area (Å²) in [6, 6.07) is 0. The van der Waals surface area contributed by atoms with Crippen molar-refractivity contribution >= 4 is 23.1 Å². The Morgan fingerprint density at radius 1 is 1.62 bits per heavy atom.